The normalized spacial score (nSPS) is 19.5. The van der Waals surface area contributed by atoms with Crippen LogP contribution in [-0.4, -0.2) is 17.5 Å². The topological polar surface area (TPSA) is 29.5 Å². The summed E-state index contributed by atoms with van der Waals surface area (Å²) >= 11 is 0. The molecule has 0 saturated carbocycles. The van der Waals surface area contributed by atoms with Crippen molar-refractivity contribution in [2.45, 2.75) is 12.8 Å². The van der Waals surface area contributed by atoms with Crippen molar-refractivity contribution < 1.29 is 9.29 Å². The third kappa shape index (κ3) is 3.20. The third-order valence-corrected chi connectivity index (χ3v) is 2.22. The summed E-state index contributed by atoms with van der Waals surface area (Å²) < 4.78 is 14.2. The molecule has 2 nitrogen and oxygen atoms in total. The molecule has 1 aliphatic rings. The summed E-state index contributed by atoms with van der Waals surface area (Å²) in [6.07, 6.45) is 8.06. The van der Waals surface area contributed by atoms with Gasteiger partial charge in [0.2, 0.25) is 0 Å². The Bertz CT molecular complexity index is 287. The van der Waals surface area contributed by atoms with Crippen molar-refractivity contribution in [1.82, 2.24) is 0 Å². The molecule has 0 aromatic carbocycles. The molecule has 0 spiro atoms. The molecule has 0 heterocycles. The van der Waals surface area contributed by atoms with Crippen LogP contribution in [0.5, 0.6) is 0 Å². The van der Waals surface area contributed by atoms with Crippen LogP contribution in [0.25, 0.3) is 0 Å². The van der Waals surface area contributed by atoms with E-state index in [2.05, 4.69) is 18.0 Å². The van der Waals surface area contributed by atoms with Crippen LogP contribution in [0.1, 0.15) is 12.8 Å². The van der Waals surface area contributed by atoms with E-state index in [1.54, 1.807) is 12.5 Å². The van der Waals surface area contributed by atoms with Crippen molar-refractivity contribution in [3.8, 4) is 0 Å². The average Bonchev–Trinajstić information content (AvgIpc) is 2.15. The molecule has 0 fully saturated rings. The molecule has 0 radical (unpaired) electrons. The molecule has 1 atom stereocenters. The molecule has 0 amide bonds. The van der Waals surface area contributed by atoms with Crippen LogP contribution in [0.3, 0.4) is 0 Å². The maximum Gasteiger partial charge on any atom is 0.121 e. The first kappa shape index (κ1) is 10.3. The van der Waals surface area contributed by atoms with Crippen molar-refractivity contribution in [1.29, 1.82) is 0 Å². The van der Waals surface area contributed by atoms with Gasteiger partial charge in [0.1, 0.15) is 5.76 Å². The molecule has 72 valence electrons. The largest absolute Gasteiger partial charge is 0.496 e. The lowest BCUT2D eigenvalue weighted by atomic mass is 10.1. The zero-order valence-corrected chi connectivity index (χ0v) is 8.51. The van der Waals surface area contributed by atoms with Crippen LogP contribution < -0.4 is 0 Å². The molecule has 1 unspecified atom stereocenters. The SMILES string of the molecule is C=S(O)/C=C\C1=CCCC=C1OC. The maximum absolute atomic E-state index is 8.98. The Morgan fingerprint density at radius 3 is 2.85 bits per heavy atom. The molecular weight excluding hydrogens is 184 g/mol. The lowest BCUT2D eigenvalue weighted by Gasteiger charge is -2.11. The molecule has 0 aromatic rings. The first-order valence-corrected chi connectivity index (χ1v) is 5.50. The van der Waals surface area contributed by atoms with Crippen LogP contribution >= 0.6 is 10.8 Å². The zero-order chi connectivity index (χ0) is 9.68. The van der Waals surface area contributed by atoms with Gasteiger partial charge in [0, 0.05) is 5.57 Å². The summed E-state index contributed by atoms with van der Waals surface area (Å²) in [4.78, 5) is 0. The molecule has 1 N–H and O–H groups in total. The van der Waals surface area contributed by atoms with E-state index >= 15 is 0 Å². The van der Waals surface area contributed by atoms with Crippen LogP contribution in [0, 0.1) is 0 Å². The summed E-state index contributed by atoms with van der Waals surface area (Å²) in [5, 5.41) is 1.67. The molecule has 1 aliphatic carbocycles. The standard InChI is InChI=1S/C10H14O2S/c1-12-10-6-4-3-5-9(10)7-8-13(2)11/h5-8,11H,2-4H2,1H3/b8-7-. The number of hydrogen-bond donors (Lipinski definition) is 1. The van der Waals surface area contributed by atoms with Gasteiger partial charge in [-0.1, -0.05) is 6.08 Å². The quantitative estimate of drug-likeness (QED) is 0.706. The van der Waals surface area contributed by atoms with Crippen molar-refractivity contribution in [3.05, 3.63) is 35.0 Å². The van der Waals surface area contributed by atoms with E-state index in [1.165, 1.54) is 0 Å². The van der Waals surface area contributed by atoms with Gasteiger partial charge < -0.3 is 9.29 Å². The first-order valence-electron chi connectivity index (χ1n) is 4.09. The second-order valence-electron chi connectivity index (χ2n) is 2.71. The Kier molecular flexibility index (Phi) is 3.99. The predicted octanol–water partition coefficient (Wildman–Crippen LogP) is 2.92. The van der Waals surface area contributed by atoms with Crippen molar-refractivity contribution in [3.63, 3.8) is 0 Å². The number of hydrogen-bond acceptors (Lipinski definition) is 2. The summed E-state index contributed by atoms with van der Waals surface area (Å²) in [7, 11) is 0.766. The fraction of sp³-hybridized carbons (Fsp3) is 0.300. The van der Waals surface area contributed by atoms with Crippen LogP contribution in [0.4, 0.5) is 0 Å². The maximum atomic E-state index is 8.98. The van der Waals surface area contributed by atoms with E-state index < -0.39 is 10.8 Å². The first-order chi connectivity index (χ1) is 6.24. The Balaban J connectivity index is 2.73. The van der Waals surface area contributed by atoms with Gasteiger partial charge in [-0.3, -0.25) is 0 Å². The van der Waals surface area contributed by atoms with Gasteiger partial charge in [-0.05, 0) is 47.0 Å². The Hall–Kier alpha value is -0.800. The van der Waals surface area contributed by atoms with E-state index in [9.17, 15) is 0 Å². The van der Waals surface area contributed by atoms with Crippen molar-refractivity contribution in [2.75, 3.05) is 7.11 Å². The molecule has 0 saturated heterocycles. The van der Waals surface area contributed by atoms with E-state index in [4.69, 9.17) is 9.29 Å². The van der Waals surface area contributed by atoms with E-state index in [-0.39, 0.29) is 0 Å². The Morgan fingerprint density at radius 2 is 2.23 bits per heavy atom. The zero-order valence-electron chi connectivity index (χ0n) is 7.69. The van der Waals surface area contributed by atoms with Crippen molar-refractivity contribution >= 4 is 16.6 Å². The highest BCUT2D eigenvalue weighted by Crippen LogP contribution is 2.21. The molecule has 0 aromatic heterocycles. The van der Waals surface area contributed by atoms with Gasteiger partial charge in [-0.15, -0.1) is 0 Å². The molecule has 1 rings (SSSR count). The van der Waals surface area contributed by atoms with E-state index in [1.807, 2.05) is 6.08 Å². The highest BCUT2D eigenvalue weighted by atomic mass is 32.2. The fourth-order valence-electron chi connectivity index (χ4n) is 1.17. The van der Waals surface area contributed by atoms with Gasteiger partial charge in [0.15, 0.2) is 0 Å². The summed E-state index contributed by atoms with van der Waals surface area (Å²) in [6.45, 7) is 0. The fourth-order valence-corrected chi connectivity index (χ4v) is 1.48. The van der Waals surface area contributed by atoms with E-state index in [0.717, 1.165) is 24.2 Å². The van der Waals surface area contributed by atoms with Crippen LogP contribution in [0.15, 0.2) is 35.0 Å². The molecular formula is C10H14O2S. The minimum absolute atomic E-state index is 0.882. The summed E-state index contributed by atoms with van der Waals surface area (Å²) in [5.41, 5.74) is 1.03. The monoisotopic (exact) mass is 198 g/mol. The number of ether oxygens (including phenoxy) is 1. The molecule has 13 heavy (non-hydrogen) atoms. The Morgan fingerprint density at radius 1 is 1.54 bits per heavy atom. The van der Waals surface area contributed by atoms with Crippen LogP contribution in [-0.2, 0) is 4.74 Å². The third-order valence-electron chi connectivity index (χ3n) is 1.77. The summed E-state index contributed by atoms with van der Waals surface area (Å²) in [6, 6.07) is 0. The van der Waals surface area contributed by atoms with Gasteiger partial charge in [-0.25, -0.2) is 0 Å². The van der Waals surface area contributed by atoms with Gasteiger partial charge in [0.25, 0.3) is 0 Å². The molecule has 0 bridgehead atoms. The lowest BCUT2D eigenvalue weighted by Crippen LogP contribution is -1.94. The average molecular weight is 198 g/mol. The van der Waals surface area contributed by atoms with Gasteiger partial charge in [-0.2, -0.15) is 0 Å². The van der Waals surface area contributed by atoms with Crippen molar-refractivity contribution in [2.24, 2.45) is 0 Å². The second kappa shape index (κ2) is 5.04. The smallest absolute Gasteiger partial charge is 0.121 e. The van der Waals surface area contributed by atoms with Crippen LogP contribution in [0.2, 0.25) is 0 Å². The highest BCUT2D eigenvalue weighted by Gasteiger charge is 2.04. The Labute approximate surface area is 81.4 Å². The lowest BCUT2D eigenvalue weighted by molar-refractivity contribution is 0.299. The number of rotatable bonds is 3. The molecule has 3 heteroatoms. The minimum Gasteiger partial charge on any atom is -0.496 e. The minimum atomic E-state index is -0.888. The number of methoxy groups -OCH3 is 1. The summed E-state index contributed by atoms with van der Waals surface area (Å²) in [5.74, 6) is 4.37. The molecule has 0 aliphatic heterocycles. The van der Waals surface area contributed by atoms with Gasteiger partial charge >= 0.3 is 0 Å². The van der Waals surface area contributed by atoms with Gasteiger partial charge in [0.05, 0.1) is 7.11 Å². The van der Waals surface area contributed by atoms with E-state index in [0.29, 0.717) is 0 Å². The second-order valence-corrected chi connectivity index (χ2v) is 3.79. The number of allylic oxidation sites excluding steroid dienone is 3. The highest BCUT2D eigenvalue weighted by molar-refractivity contribution is 8.11. The predicted molar refractivity (Wildman–Crippen MR) is 58.9 cm³/mol.